The van der Waals surface area contributed by atoms with Crippen molar-refractivity contribution in [1.29, 1.82) is 0 Å². The van der Waals surface area contributed by atoms with Gasteiger partial charge in [0.15, 0.2) is 6.61 Å². The van der Waals surface area contributed by atoms with Crippen LogP contribution in [0.2, 0.25) is 5.02 Å². The number of likely N-dealkylation sites (tertiary alicyclic amines) is 1. The van der Waals surface area contributed by atoms with Gasteiger partial charge in [0, 0.05) is 29.7 Å². The van der Waals surface area contributed by atoms with Gasteiger partial charge in [0.2, 0.25) is 0 Å². The highest BCUT2D eigenvalue weighted by Gasteiger charge is 2.29. The van der Waals surface area contributed by atoms with Crippen LogP contribution in [0.3, 0.4) is 0 Å². The first kappa shape index (κ1) is 21.2. The highest BCUT2D eigenvalue weighted by molar-refractivity contribution is 6.30. The number of hydrogen-bond donors (Lipinski definition) is 1. The summed E-state index contributed by atoms with van der Waals surface area (Å²) in [6, 6.07) is 6.84. The van der Waals surface area contributed by atoms with Gasteiger partial charge in [-0.3, -0.25) is 14.4 Å². The molecule has 2 amide bonds. The zero-order chi connectivity index (χ0) is 19.8. The third-order valence-corrected chi connectivity index (χ3v) is 4.93. The fourth-order valence-corrected chi connectivity index (χ4v) is 3.30. The van der Waals surface area contributed by atoms with E-state index in [-0.39, 0.29) is 36.4 Å². The molecule has 6 nitrogen and oxygen atoms in total. The lowest BCUT2D eigenvalue weighted by atomic mass is 9.96. The molecule has 1 aromatic carbocycles. The second kappa shape index (κ2) is 10.3. The van der Waals surface area contributed by atoms with E-state index < -0.39 is 0 Å². The van der Waals surface area contributed by atoms with Crippen LogP contribution in [0.1, 0.15) is 49.9 Å². The van der Waals surface area contributed by atoms with Gasteiger partial charge in [-0.2, -0.15) is 0 Å². The van der Waals surface area contributed by atoms with Crippen molar-refractivity contribution < 1.29 is 19.1 Å². The Hall–Kier alpha value is -2.08. The predicted octanol–water partition coefficient (Wildman–Crippen LogP) is 3.04. The summed E-state index contributed by atoms with van der Waals surface area (Å²) in [7, 11) is 0. The van der Waals surface area contributed by atoms with E-state index in [1.54, 1.807) is 29.2 Å². The molecule has 0 radical (unpaired) electrons. The Bertz CT molecular complexity index is 654. The molecule has 1 N–H and O–H groups in total. The normalized spacial score (nSPS) is 15.9. The Balaban J connectivity index is 1.74. The van der Waals surface area contributed by atoms with Crippen LogP contribution in [0, 0.1) is 5.92 Å². The van der Waals surface area contributed by atoms with Gasteiger partial charge in [0.25, 0.3) is 11.8 Å². The van der Waals surface area contributed by atoms with Gasteiger partial charge < -0.3 is 15.0 Å². The number of piperidine rings is 1. The first-order valence-electron chi connectivity index (χ1n) is 9.41. The summed E-state index contributed by atoms with van der Waals surface area (Å²) in [4.78, 5) is 38.2. The minimum Gasteiger partial charge on any atom is -0.455 e. The van der Waals surface area contributed by atoms with E-state index >= 15 is 0 Å². The summed E-state index contributed by atoms with van der Waals surface area (Å²) in [5.41, 5.74) is 0.582. The number of carbonyl (C=O) groups excluding carboxylic acids is 3. The van der Waals surface area contributed by atoms with Crippen molar-refractivity contribution in [3.05, 3.63) is 34.9 Å². The molecule has 0 unspecified atom stereocenters. The van der Waals surface area contributed by atoms with E-state index in [1.165, 1.54) is 0 Å². The first-order valence-corrected chi connectivity index (χ1v) is 9.79. The maximum absolute atomic E-state index is 12.5. The van der Waals surface area contributed by atoms with Crippen LogP contribution in [0.5, 0.6) is 0 Å². The van der Waals surface area contributed by atoms with Crippen LogP contribution >= 0.6 is 11.6 Å². The molecule has 1 heterocycles. The largest absolute Gasteiger partial charge is 0.455 e. The molecule has 148 valence electrons. The number of nitrogens with one attached hydrogen (secondary N) is 1. The average Bonchev–Trinajstić information content (AvgIpc) is 2.66. The third-order valence-electron chi connectivity index (χ3n) is 4.68. The Labute approximate surface area is 165 Å². The van der Waals surface area contributed by atoms with Crippen molar-refractivity contribution in [3.63, 3.8) is 0 Å². The van der Waals surface area contributed by atoms with Crippen LogP contribution in [0.15, 0.2) is 24.3 Å². The molecule has 0 saturated carbocycles. The van der Waals surface area contributed by atoms with Crippen molar-refractivity contribution in [2.45, 2.75) is 45.6 Å². The lowest BCUT2D eigenvalue weighted by Crippen LogP contribution is -2.41. The second-order valence-corrected chi connectivity index (χ2v) is 7.37. The van der Waals surface area contributed by atoms with Gasteiger partial charge in [-0.15, -0.1) is 0 Å². The first-order chi connectivity index (χ1) is 12.9. The van der Waals surface area contributed by atoms with Crippen LogP contribution in [0.25, 0.3) is 0 Å². The van der Waals surface area contributed by atoms with E-state index in [0.29, 0.717) is 36.5 Å². The molecule has 1 aliphatic rings. The van der Waals surface area contributed by atoms with Crippen molar-refractivity contribution >= 4 is 29.4 Å². The van der Waals surface area contributed by atoms with Gasteiger partial charge in [0.05, 0.1) is 5.92 Å². The van der Waals surface area contributed by atoms with E-state index in [1.807, 2.05) is 13.8 Å². The van der Waals surface area contributed by atoms with Crippen LogP contribution < -0.4 is 5.32 Å². The Kier molecular flexibility index (Phi) is 8.10. The number of esters is 1. The molecule has 2 rings (SSSR count). The lowest BCUT2D eigenvalue weighted by Gasteiger charge is -2.31. The van der Waals surface area contributed by atoms with Crippen LogP contribution in [0.4, 0.5) is 0 Å². The number of ether oxygens (including phenoxy) is 1. The van der Waals surface area contributed by atoms with Gasteiger partial charge in [0.1, 0.15) is 0 Å². The van der Waals surface area contributed by atoms with Gasteiger partial charge >= 0.3 is 5.97 Å². The molecule has 7 heteroatoms. The number of hydrogen-bond acceptors (Lipinski definition) is 4. The van der Waals surface area contributed by atoms with Crippen molar-refractivity contribution in [1.82, 2.24) is 10.2 Å². The second-order valence-electron chi connectivity index (χ2n) is 6.94. The lowest BCUT2D eigenvalue weighted by molar-refractivity contribution is -0.154. The van der Waals surface area contributed by atoms with Crippen molar-refractivity contribution in [2.75, 3.05) is 19.7 Å². The standard InChI is InChI=1S/C20H27ClN2O4/c1-3-4-14(2)22-18(24)13-27-20(26)16-9-11-23(12-10-16)19(25)15-5-7-17(21)8-6-15/h5-8,14,16H,3-4,9-13H2,1-2H3,(H,22,24)/t14-/m0/s1. The maximum atomic E-state index is 12.5. The Morgan fingerprint density at radius 3 is 2.44 bits per heavy atom. The van der Waals surface area contributed by atoms with E-state index in [0.717, 1.165) is 12.8 Å². The molecule has 1 saturated heterocycles. The molecular weight excluding hydrogens is 368 g/mol. The monoisotopic (exact) mass is 394 g/mol. The van der Waals surface area contributed by atoms with Crippen LogP contribution in [-0.4, -0.2) is 48.4 Å². The van der Waals surface area contributed by atoms with E-state index in [9.17, 15) is 14.4 Å². The summed E-state index contributed by atoms with van der Waals surface area (Å²) < 4.78 is 5.15. The molecule has 0 spiro atoms. The number of amides is 2. The highest BCUT2D eigenvalue weighted by atomic mass is 35.5. The topological polar surface area (TPSA) is 75.7 Å². The number of benzene rings is 1. The maximum Gasteiger partial charge on any atom is 0.309 e. The zero-order valence-corrected chi connectivity index (χ0v) is 16.6. The molecule has 1 aromatic rings. The smallest absolute Gasteiger partial charge is 0.309 e. The quantitative estimate of drug-likeness (QED) is 0.721. The minimum atomic E-state index is -0.369. The summed E-state index contributed by atoms with van der Waals surface area (Å²) in [5, 5.41) is 3.39. The summed E-state index contributed by atoms with van der Waals surface area (Å²) in [5.74, 6) is -0.991. The van der Waals surface area contributed by atoms with Crippen molar-refractivity contribution in [3.8, 4) is 0 Å². The molecule has 0 aromatic heterocycles. The molecule has 27 heavy (non-hydrogen) atoms. The molecule has 1 atom stereocenters. The van der Waals surface area contributed by atoms with Crippen molar-refractivity contribution in [2.24, 2.45) is 5.92 Å². The molecule has 1 fully saturated rings. The van der Waals surface area contributed by atoms with Crippen LogP contribution in [-0.2, 0) is 14.3 Å². The Morgan fingerprint density at radius 1 is 1.22 bits per heavy atom. The third kappa shape index (κ3) is 6.54. The fraction of sp³-hybridized carbons (Fsp3) is 0.550. The van der Waals surface area contributed by atoms with E-state index in [4.69, 9.17) is 16.3 Å². The number of rotatable bonds is 7. The predicted molar refractivity (Wildman–Crippen MR) is 104 cm³/mol. The minimum absolute atomic E-state index is 0.0669. The fourth-order valence-electron chi connectivity index (χ4n) is 3.17. The highest BCUT2D eigenvalue weighted by Crippen LogP contribution is 2.21. The number of carbonyl (C=O) groups is 3. The summed E-state index contributed by atoms with van der Waals surface area (Å²) in [6.45, 7) is 4.70. The molecule has 0 aliphatic carbocycles. The number of nitrogens with zero attached hydrogens (tertiary/aromatic N) is 1. The van der Waals surface area contributed by atoms with Gasteiger partial charge in [-0.25, -0.2) is 0 Å². The average molecular weight is 395 g/mol. The number of halogens is 1. The molecule has 1 aliphatic heterocycles. The SMILES string of the molecule is CCC[C@H](C)NC(=O)COC(=O)C1CCN(C(=O)c2ccc(Cl)cc2)CC1. The van der Waals surface area contributed by atoms with E-state index in [2.05, 4.69) is 5.32 Å². The molecule has 0 bridgehead atoms. The molecular formula is C20H27ClN2O4. The van der Waals surface area contributed by atoms with Gasteiger partial charge in [-0.1, -0.05) is 24.9 Å². The summed E-state index contributed by atoms with van der Waals surface area (Å²) >= 11 is 5.85. The zero-order valence-electron chi connectivity index (χ0n) is 15.9. The summed E-state index contributed by atoms with van der Waals surface area (Å²) in [6.07, 6.45) is 2.94. The van der Waals surface area contributed by atoms with Gasteiger partial charge in [-0.05, 0) is 50.5 Å². The Morgan fingerprint density at radius 2 is 1.85 bits per heavy atom.